The van der Waals surface area contributed by atoms with E-state index >= 15 is 0 Å². The number of halogens is 2. The molecule has 0 unspecified atom stereocenters. The Labute approximate surface area is 224 Å². The molecule has 1 aliphatic rings. The quantitative estimate of drug-likeness (QED) is 0.108. The van der Waals surface area contributed by atoms with Gasteiger partial charge in [-0.15, -0.1) is 0 Å². The minimum atomic E-state index is -2.78. The molecule has 0 aromatic heterocycles. The van der Waals surface area contributed by atoms with Crippen molar-refractivity contribution < 1.29 is 27.8 Å². The first-order valence-corrected chi connectivity index (χ1v) is 12.5. The van der Waals surface area contributed by atoms with E-state index < -0.39 is 6.61 Å². The summed E-state index contributed by atoms with van der Waals surface area (Å²) in [6.45, 7) is 9.15. The van der Waals surface area contributed by atoms with E-state index in [1.807, 2.05) is 20.8 Å². The SMILES string of the molecule is C/C=C(\C=C(/C)COC)OC(F)F.CC.CCNC(=O)c1ccc(N(N)/C(C)=C(\N)C(=O)NC2CC2)cc1. The highest BCUT2D eigenvalue weighted by atomic mass is 19.3. The Kier molecular flexibility index (Phi) is 17.1. The Hall–Kier alpha value is -3.44. The molecule has 214 valence electrons. The summed E-state index contributed by atoms with van der Waals surface area (Å²) < 4.78 is 32.6. The molecule has 2 rings (SSSR count). The minimum absolute atomic E-state index is 0.0900. The second kappa shape index (κ2) is 18.8. The Bertz CT molecular complexity index is 959. The number of rotatable bonds is 11. The fraction of sp³-hybridized carbons (Fsp3) is 0.481. The van der Waals surface area contributed by atoms with E-state index in [9.17, 15) is 18.4 Å². The highest BCUT2D eigenvalue weighted by molar-refractivity contribution is 5.95. The molecular weight excluding hydrogens is 496 g/mol. The number of nitrogens with zero attached hydrogens (tertiary/aromatic N) is 1. The summed E-state index contributed by atoms with van der Waals surface area (Å²) in [5.74, 6) is 5.73. The topological polar surface area (TPSA) is 132 Å². The van der Waals surface area contributed by atoms with E-state index in [1.54, 1.807) is 52.1 Å². The number of alkyl halides is 2. The maximum atomic E-state index is 12.0. The summed E-state index contributed by atoms with van der Waals surface area (Å²) >= 11 is 0. The van der Waals surface area contributed by atoms with Crippen LogP contribution in [-0.4, -0.2) is 44.7 Å². The van der Waals surface area contributed by atoms with Crippen LogP contribution in [0.2, 0.25) is 0 Å². The van der Waals surface area contributed by atoms with Crippen LogP contribution in [0.25, 0.3) is 0 Å². The number of ether oxygens (including phenoxy) is 2. The zero-order valence-electron chi connectivity index (χ0n) is 23.4. The van der Waals surface area contributed by atoms with Crippen LogP contribution in [0.1, 0.15) is 64.7 Å². The van der Waals surface area contributed by atoms with Crippen LogP contribution in [-0.2, 0) is 14.3 Å². The van der Waals surface area contributed by atoms with Crippen molar-refractivity contribution in [1.82, 2.24) is 10.6 Å². The molecule has 0 bridgehead atoms. The lowest BCUT2D eigenvalue weighted by Gasteiger charge is -2.21. The van der Waals surface area contributed by atoms with Crippen molar-refractivity contribution in [2.24, 2.45) is 11.6 Å². The molecule has 1 aromatic rings. The first-order chi connectivity index (χ1) is 18.0. The van der Waals surface area contributed by atoms with Crippen LogP contribution in [0.4, 0.5) is 14.5 Å². The van der Waals surface area contributed by atoms with E-state index in [-0.39, 0.29) is 29.3 Å². The fourth-order valence-corrected chi connectivity index (χ4v) is 2.82. The Morgan fingerprint density at radius 1 is 1.18 bits per heavy atom. The molecule has 38 heavy (non-hydrogen) atoms. The predicted octanol–water partition coefficient (Wildman–Crippen LogP) is 4.33. The van der Waals surface area contributed by atoms with Gasteiger partial charge in [-0.1, -0.05) is 13.8 Å². The van der Waals surface area contributed by atoms with Crippen LogP contribution < -0.4 is 27.2 Å². The van der Waals surface area contributed by atoms with Gasteiger partial charge in [0.15, 0.2) is 0 Å². The number of nitrogens with two attached hydrogens (primary N) is 2. The molecular formula is C27H43F2N5O4. The molecule has 1 aliphatic carbocycles. The minimum Gasteiger partial charge on any atom is -0.435 e. The molecule has 1 saturated carbocycles. The molecule has 0 spiro atoms. The molecule has 0 heterocycles. The highest BCUT2D eigenvalue weighted by Gasteiger charge is 2.25. The van der Waals surface area contributed by atoms with Crippen molar-refractivity contribution in [2.75, 3.05) is 25.3 Å². The summed E-state index contributed by atoms with van der Waals surface area (Å²) in [6.07, 6.45) is 4.98. The lowest BCUT2D eigenvalue weighted by molar-refractivity contribution is -0.117. The van der Waals surface area contributed by atoms with Gasteiger partial charge in [-0.05, 0) is 82.5 Å². The zero-order valence-corrected chi connectivity index (χ0v) is 23.4. The van der Waals surface area contributed by atoms with Gasteiger partial charge < -0.3 is 25.8 Å². The maximum absolute atomic E-state index is 12.0. The van der Waals surface area contributed by atoms with Gasteiger partial charge in [-0.3, -0.25) is 14.6 Å². The number of allylic oxidation sites excluding steroid dienone is 3. The summed E-state index contributed by atoms with van der Waals surface area (Å²) in [5, 5.41) is 6.88. The summed E-state index contributed by atoms with van der Waals surface area (Å²) in [4.78, 5) is 23.7. The Morgan fingerprint density at radius 2 is 1.76 bits per heavy atom. The van der Waals surface area contributed by atoms with Crippen molar-refractivity contribution >= 4 is 17.5 Å². The number of nitrogens with one attached hydrogen (secondary N) is 2. The number of carbonyl (C=O) groups excluding carboxylic acids is 2. The van der Waals surface area contributed by atoms with Gasteiger partial charge in [0.2, 0.25) is 0 Å². The molecule has 0 saturated heterocycles. The van der Waals surface area contributed by atoms with Crippen LogP contribution in [0.15, 0.2) is 59.1 Å². The normalized spacial score (nSPS) is 13.8. The fourth-order valence-electron chi connectivity index (χ4n) is 2.82. The first-order valence-electron chi connectivity index (χ1n) is 12.5. The van der Waals surface area contributed by atoms with Gasteiger partial charge in [0.1, 0.15) is 11.5 Å². The van der Waals surface area contributed by atoms with Crippen molar-refractivity contribution in [3.63, 3.8) is 0 Å². The lowest BCUT2D eigenvalue weighted by Crippen LogP contribution is -2.37. The molecule has 1 fully saturated rings. The molecule has 0 aliphatic heterocycles. The largest absolute Gasteiger partial charge is 0.435 e. The van der Waals surface area contributed by atoms with Gasteiger partial charge in [0, 0.05) is 25.3 Å². The smallest absolute Gasteiger partial charge is 0.387 e. The van der Waals surface area contributed by atoms with Crippen molar-refractivity contribution in [3.8, 4) is 0 Å². The van der Waals surface area contributed by atoms with Crippen LogP contribution in [0, 0.1) is 0 Å². The van der Waals surface area contributed by atoms with E-state index in [4.69, 9.17) is 16.3 Å². The van der Waals surface area contributed by atoms with E-state index in [2.05, 4.69) is 15.4 Å². The molecule has 6 N–H and O–H groups in total. The van der Waals surface area contributed by atoms with Crippen LogP contribution in [0.3, 0.4) is 0 Å². The average Bonchev–Trinajstić information content (AvgIpc) is 3.72. The second-order valence-electron chi connectivity index (χ2n) is 8.02. The number of hydrazine groups is 1. The lowest BCUT2D eigenvalue weighted by atomic mass is 10.2. The second-order valence-corrected chi connectivity index (χ2v) is 8.02. The van der Waals surface area contributed by atoms with Gasteiger partial charge in [0.05, 0.1) is 18.0 Å². The number of hydrogen-bond acceptors (Lipinski definition) is 7. The monoisotopic (exact) mass is 539 g/mol. The highest BCUT2D eigenvalue weighted by Crippen LogP contribution is 2.20. The predicted molar refractivity (Wildman–Crippen MR) is 147 cm³/mol. The van der Waals surface area contributed by atoms with E-state index in [1.165, 1.54) is 17.2 Å². The third-order valence-corrected chi connectivity index (χ3v) is 4.92. The van der Waals surface area contributed by atoms with Gasteiger partial charge in [0.25, 0.3) is 11.8 Å². The molecule has 1 aromatic carbocycles. The van der Waals surface area contributed by atoms with Crippen LogP contribution >= 0.6 is 0 Å². The molecule has 2 amide bonds. The van der Waals surface area contributed by atoms with E-state index in [0.717, 1.165) is 18.4 Å². The first kappa shape index (κ1) is 34.6. The summed E-state index contributed by atoms with van der Waals surface area (Å²) in [5.41, 5.74) is 8.43. The third-order valence-electron chi connectivity index (χ3n) is 4.92. The maximum Gasteiger partial charge on any atom is 0.387 e. The third kappa shape index (κ3) is 13.2. The average molecular weight is 540 g/mol. The zero-order chi connectivity index (χ0) is 29.3. The van der Waals surface area contributed by atoms with Gasteiger partial charge in [-0.25, -0.2) is 5.84 Å². The number of anilines is 1. The van der Waals surface area contributed by atoms with E-state index in [0.29, 0.717) is 30.1 Å². The summed E-state index contributed by atoms with van der Waals surface area (Å²) in [7, 11) is 1.54. The number of hydrogen-bond donors (Lipinski definition) is 4. The standard InChI is InChI=1S/C16H23N5O2.C9H14F2O2.C2H6/c1-3-19-15(22)11-4-8-13(9-5-11)21(18)10(2)14(17)16(23)20-12-6-7-12;1-4-8(13-9(10)11)5-7(2)6-12-3;1-2/h4-5,8-9,12H,3,6-7,17-18H2,1-2H3,(H,19,22)(H,20,23);4-5,9H,6H2,1-3H3;1-2H3/b14-10-;7-5+,8-4+;. The van der Waals surface area contributed by atoms with Crippen molar-refractivity contribution in [3.05, 3.63) is 64.7 Å². The van der Waals surface area contributed by atoms with Crippen LogP contribution in [0.5, 0.6) is 0 Å². The molecule has 9 nitrogen and oxygen atoms in total. The molecule has 0 radical (unpaired) electrons. The number of carbonyl (C=O) groups is 2. The molecule has 11 heteroatoms. The van der Waals surface area contributed by atoms with Gasteiger partial charge >= 0.3 is 6.61 Å². The van der Waals surface area contributed by atoms with Crippen molar-refractivity contribution in [2.45, 2.75) is 67.0 Å². The Morgan fingerprint density at radius 3 is 2.21 bits per heavy atom. The van der Waals surface area contributed by atoms with Crippen molar-refractivity contribution in [1.29, 1.82) is 0 Å². The number of methoxy groups -OCH3 is 1. The Balaban J connectivity index is 0.000000780. The van der Waals surface area contributed by atoms with Gasteiger partial charge in [-0.2, -0.15) is 8.78 Å². The molecule has 0 atom stereocenters. The summed E-state index contributed by atoms with van der Waals surface area (Å²) in [6, 6.07) is 7.00. The number of benzene rings is 1. The number of amides is 2.